The molecule has 0 aliphatic carbocycles. The van der Waals surface area contributed by atoms with E-state index in [-0.39, 0.29) is 6.54 Å². The van der Waals surface area contributed by atoms with Crippen molar-refractivity contribution >= 4 is 0 Å². The van der Waals surface area contributed by atoms with Crippen molar-refractivity contribution in [2.75, 3.05) is 13.7 Å². The van der Waals surface area contributed by atoms with Crippen molar-refractivity contribution in [3.05, 3.63) is 40.3 Å². The predicted octanol–water partition coefficient (Wildman–Crippen LogP) is 2.36. The van der Waals surface area contributed by atoms with E-state index < -0.39 is 0 Å². The summed E-state index contributed by atoms with van der Waals surface area (Å²) in [7, 11) is 1.59. The number of benzene rings is 1. The van der Waals surface area contributed by atoms with E-state index in [0.29, 0.717) is 0 Å². The third-order valence-electron chi connectivity index (χ3n) is 1.54. The van der Waals surface area contributed by atoms with E-state index in [1.165, 1.54) is 0 Å². The first kappa shape index (κ1) is 9.97. The van der Waals surface area contributed by atoms with Crippen molar-refractivity contribution in [1.29, 1.82) is 0 Å². The zero-order valence-corrected chi connectivity index (χ0v) is 7.77. The van der Waals surface area contributed by atoms with Gasteiger partial charge in [0.15, 0.2) is 0 Å². The van der Waals surface area contributed by atoms with Crippen LogP contribution in [0.25, 0.3) is 10.4 Å². The van der Waals surface area contributed by atoms with Crippen molar-refractivity contribution in [3.8, 4) is 17.6 Å². The molecule has 0 aliphatic heterocycles. The zero-order valence-electron chi connectivity index (χ0n) is 7.77. The minimum atomic E-state index is 0.175. The van der Waals surface area contributed by atoms with Gasteiger partial charge in [-0.05, 0) is 17.7 Å². The summed E-state index contributed by atoms with van der Waals surface area (Å²) in [6.07, 6.45) is 0. The Kier molecular flexibility index (Phi) is 3.93. The summed E-state index contributed by atoms with van der Waals surface area (Å²) in [5.41, 5.74) is 8.82. The molecule has 0 saturated carbocycles. The van der Waals surface area contributed by atoms with E-state index in [0.717, 1.165) is 11.3 Å². The molecular weight excluding hydrogens is 178 g/mol. The second-order valence-electron chi connectivity index (χ2n) is 2.39. The van der Waals surface area contributed by atoms with E-state index in [1.807, 2.05) is 24.3 Å². The second kappa shape index (κ2) is 5.52. The maximum absolute atomic E-state index is 8.03. The van der Waals surface area contributed by atoms with Crippen LogP contribution in [0.4, 0.5) is 0 Å². The third-order valence-corrected chi connectivity index (χ3v) is 1.54. The molecular formula is C10H9N3O. The highest BCUT2D eigenvalue weighted by atomic mass is 16.5. The van der Waals surface area contributed by atoms with Crippen LogP contribution in [0.2, 0.25) is 0 Å². The molecule has 0 atom stereocenters. The van der Waals surface area contributed by atoms with Crippen LogP contribution in [0.3, 0.4) is 0 Å². The molecule has 0 bridgehead atoms. The van der Waals surface area contributed by atoms with Gasteiger partial charge >= 0.3 is 0 Å². The molecule has 4 nitrogen and oxygen atoms in total. The molecule has 0 N–H and O–H groups in total. The number of rotatable bonds is 2. The van der Waals surface area contributed by atoms with Gasteiger partial charge in [0.1, 0.15) is 5.75 Å². The lowest BCUT2D eigenvalue weighted by Gasteiger charge is -2.00. The topological polar surface area (TPSA) is 58.0 Å². The van der Waals surface area contributed by atoms with Crippen LogP contribution >= 0.6 is 0 Å². The third kappa shape index (κ3) is 2.74. The summed E-state index contributed by atoms with van der Waals surface area (Å²) < 4.78 is 5.10. The fourth-order valence-electron chi connectivity index (χ4n) is 0.950. The monoisotopic (exact) mass is 187 g/mol. The zero-order chi connectivity index (χ0) is 10.2. The first-order valence-electron chi connectivity index (χ1n) is 4.01. The molecule has 0 amide bonds. The molecule has 0 spiro atoms. The Morgan fingerprint density at radius 2 is 2.29 bits per heavy atom. The maximum Gasteiger partial charge on any atom is 0.134 e. The minimum absolute atomic E-state index is 0.175. The van der Waals surface area contributed by atoms with Gasteiger partial charge < -0.3 is 4.74 Å². The molecule has 0 aliphatic rings. The molecule has 0 saturated heterocycles. The Hall–Kier alpha value is -2.11. The van der Waals surface area contributed by atoms with Crippen LogP contribution in [-0.2, 0) is 0 Å². The number of azide groups is 1. The summed E-state index contributed by atoms with van der Waals surface area (Å²) in [5.74, 6) is 6.31. The van der Waals surface area contributed by atoms with Gasteiger partial charge in [0.05, 0.1) is 19.2 Å². The van der Waals surface area contributed by atoms with Crippen LogP contribution in [0.1, 0.15) is 5.56 Å². The summed E-state index contributed by atoms with van der Waals surface area (Å²) in [5, 5.41) is 3.31. The number of methoxy groups -OCH3 is 1. The lowest BCUT2D eigenvalue weighted by Crippen LogP contribution is -1.86. The van der Waals surface area contributed by atoms with Gasteiger partial charge in [-0.15, -0.1) is 0 Å². The second-order valence-corrected chi connectivity index (χ2v) is 2.39. The molecule has 14 heavy (non-hydrogen) atoms. The molecule has 70 valence electrons. The average Bonchev–Trinajstić information content (AvgIpc) is 2.25. The smallest absolute Gasteiger partial charge is 0.134 e. The van der Waals surface area contributed by atoms with Gasteiger partial charge in [-0.25, -0.2) is 0 Å². The van der Waals surface area contributed by atoms with Gasteiger partial charge in [-0.3, -0.25) is 0 Å². The van der Waals surface area contributed by atoms with E-state index in [4.69, 9.17) is 10.3 Å². The summed E-state index contributed by atoms with van der Waals surface area (Å²) in [6, 6.07) is 7.43. The summed E-state index contributed by atoms with van der Waals surface area (Å²) in [4.78, 5) is 2.60. The Balaban J connectivity index is 2.82. The van der Waals surface area contributed by atoms with Crippen molar-refractivity contribution in [2.24, 2.45) is 5.11 Å². The number of hydrogen-bond acceptors (Lipinski definition) is 2. The fraction of sp³-hybridized carbons (Fsp3) is 0.200. The SMILES string of the molecule is COc1ccccc1C#CCN=[N+]=[N-]. The molecule has 1 aromatic rings. The quantitative estimate of drug-likeness (QED) is 0.303. The standard InChI is InChI=1S/C10H9N3O/c1-14-10-7-3-2-5-9(10)6-4-8-12-13-11/h2-3,5,7H,8H2,1H3. The fourth-order valence-corrected chi connectivity index (χ4v) is 0.950. The van der Waals surface area contributed by atoms with Gasteiger partial charge in [0, 0.05) is 4.91 Å². The summed E-state index contributed by atoms with van der Waals surface area (Å²) >= 11 is 0. The Morgan fingerprint density at radius 1 is 1.50 bits per heavy atom. The van der Waals surface area contributed by atoms with Crippen LogP contribution in [0.15, 0.2) is 29.4 Å². The van der Waals surface area contributed by atoms with E-state index >= 15 is 0 Å². The Morgan fingerprint density at radius 3 is 3.00 bits per heavy atom. The van der Waals surface area contributed by atoms with Gasteiger partial charge in [0.25, 0.3) is 0 Å². The normalized spacial score (nSPS) is 8.07. The van der Waals surface area contributed by atoms with Crippen LogP contribution < -0.4 is 4.74 Å². The molecule has 0 aromatic heterocycles. The highest BCUT2D eigenvalue weighted by Crippen LogP contribution is 2.15. The lowest BCUT2D eigenvalue weighted by atomic mass is 10.2. The Bertz CT molecular complexity index is 411. The van der Waals surface area contributed by atoms with Crippen molar-refractivity contribution < 1.29 is 4.74 Å². The van der Waals surface area contributed by atoms with Crippen LogP contribution in [0.5, 0.6) is 5.75 Å². The summed E-state index contributed by atoms with van der Waals surface area (Å²) in [6.45, 7) is 0.175. The number of para-hydroxylation sites is 1. The molecule has 0 heterocycles. The predicted molar refractivity (Wildman–Crippen MR) is 53.9 cm³/mol. The molecule has 1 rings (SSSR count). The largest absolute Gasteiger partial charge is 0.495 e. The van der Waals surface area contributed by atoms with Gasteiger partial charge in [-0.2, -0.15) is 0 Å². The van der Waals surface area contributed by atoms with Crippen LogP contribution in [0, 0.1) is 11.8 Å². The number of nitrogens with zero attached hydrogens (tertiary/aromatic N) is 3. The minimum Gasteiger partial charge on any atom is -0.495 e. The Labute approximate surface area is 82.1 Å². The van der Waals surface area contributed by atoms with E-state index in [9.17, 15) is 0 Å². The van der Waals surface area contributed by atoms with E-state index in [2.05, 4.69) is 21.9 Å². The molecule has 0 unspecified atom stereocenters. The lowest BCUT2D eigenvalue weighted by molar-refractivity contribution is 0.413. The van der Waals surface area contributed by atoms with Crippen LogP contribution in [-0.4, -0.2) is 13.7 Å². The van der Waals surface area contributed by atoms with Gasteiger partial charge in [-0.1, -0.05) is 29.1 Å². The number of hydrogen-bond donors (Lipinski definition) is 0. The molecule has 1 aromatic carbocycles. The van der Waals surface area contributed by atoms with Crippen molar-refractivity contribution in [2.45, 2.75) is 0 Å². The first-order valence-corrected chi connectivity index (χ1v) is 4.01. The maximum atomic E-state index is 8.03. The number of ether oxygens (including phenoxy) is 1. The van der Waals surface area contributed by atoms with Crippen molar-refractivity contribution in [3.63, 3.8) is 0 Å². The van der Waals surface area contributed by atoms with Crippen molar-refractivity contribution in [1.82, 2.24) is 0 Å². The highest BCUT2D eigenvalue weighted by molar-refractivity contribution is 5.45. The molecule has 4 heteroatoms. The average molecular weight is 187 g/mol. The van der Waals surface area contributed by atoms with E-state index in [1.54, 1.807) is 7.11 Å². The first-order chi connectivity index (χ1) is 6.88. The molecule has 0 radical (unpaired) electrons. The molecule has 0 fully saturated rings. The van der Waals surface area contributed by atoms with Gasteiger partial charge in [0.2, 0.25) is 0 Å². The highest BCUT2D eigenvalue weighted by Gasteiger charge is 1.95.